The molecule has 0 unspecified atom stereocenters. The van der Waals surface area contributed by atoms with E-state index in [0.717, 1.165) is 17.7 Å². The molecule has 1 heterocycles. The molecule has 5 nitrogen and oxygen atoms in total. The summed E-state index contributed by atoms with van der Waals surface area (Å²) in [5.41, 5.74) is 1.56. The van der Waals surface area contributed by atoms with E-state index in [1.807, 2.05) is 0 Å². The summed E-state index contributed by atoms with van der Waals surface area (Å²) in [7, 11) is -3.33. The van der Waals surface area contributed by atoms with Crippen molar-refractivity contribution < 1.29 is 22.0 Å². The van der Waals surface area contributed by atoms with Crippen molar-refractivity contribution >= 4 is 27.3 Å². The predicted octanol–water partition coefficient (Wildman–Crippen LogP) is 3.07. The van der Waals surface area contributed by atoms with E-state index < -0.39 is 27.6 Å². The fourth-order valence-corrected chi connectivity index (χ4v) is 4.22. The number of aryl methyl sites for hydroxylation is 1. The fraction of sp³-hybridized carbons (Fsp3) is 0.235. The van der Waals surface area contributed by atoms with Gasteiger partial charge in [0.15, 0.2) is 11.6 Å². The van der Waals surface area contributed by atoms with Crippen LogP contribution in [-0.2, 0) is 10.0 Å². The number of rotatable bonds is 3. The lowest BCUT2D eigenvalue weighted by Crippen LogP contribution is -2.25. The first-order chi connectivity index (χ1) is 11.8. The zero-order chi connectivity index (χ0) is 18.2. The normalized spacial score (nSPS) is 16.0. The van der Waals surface area contributed by atoms with Gasteiger partial charge < -0.3 is 5.32 Å². The van der Waals surface area contributed by atoms with Gasteiger partial charge in [-0.25, -0.2) is 17.2 Å². The maximum atomic E-state index is 13.3. The molecule has 0 aromatic heterocycles. The largest absolute Gasteiger partial charge is 0.322 e. The van der Waals surface area contributed by atoms with Crippen molar-refractivity contribution in [2.75, 3.05) is 21.9 Å². The highest BCUT2D eigenvalue weighted by Crippen LogP contribution is 2.28. The Morgan fingerprint density at radius 2 is 1.88 bits per heavy atom. The third kappa shape index (κ3) is 3.48. The highest BCUT2D eigenvalue weighted by atomic mass is 32.2. The third-order valence-electron chi connectivity index (χ3n) is 4.04. The van der Waals surface area contributed by atoms with Gasteiger partial charge in [-0.05, 0) is 49.2 Å². The van der Waals surface area contributed by atoms with Crippen molar-refractivity contribution in [2.24, 2.45) is 0 Å². The number of carbonyl (C=O) groups excluding carboxylic acids is 1. The highest BCUT2D eigenvalue weighted by Gasteiger charge is 2.28. The predicted molar refractivity (Wildman–Crippen MR) is 91.2 cm³/mol. The summed E-state index contributed by atoms with van der Waals surface area (Å²) in [6, 6.07) is 7.81. The lowest BCUT2D eigenvalue weighted by Gasteiger charge is -2.19. The van der Waals surface area contributed by atoms with Gasteiger partial charge in [0.2, 0.25) is 10.0 Å². The summed E-state index contributed by atoms with van der Waals surface area (Å²) in [4.78, 5) is 12.3. The summed E-state index contributed by atoms with van der Waals surface area (Å²) in [5, 5.41) is 2.61. The average Bonchev–Trinajstić information content (AvgIpc) is 2.91. The molecule has 0 atom stereocenters. The van der Waals surface area contributed by atoms with Crippen LogP contribution in [0.1, 0.15) is 22.3 Å². The van der Waals surface area contributed by atoms with E-state index in [9.17, 15) is 22.0 Å². The number of anilines is 2. The minimum Gasteiger partial charge on any atom is -0.322 e. The van der Waals surface area contributed by atoms with Gasteiger partial charge in [0, 0.05) is 17.8 Å². The SMILES string of the molecule is Cc1ccc(N2CCCS2(=O)=O)cc1NC(=O)c1ccc(F)c(F)c1. The van der Waals surface area contributed by atoms with Gasteiger partial charge in [0.05, 0.1) is 11.4 Å². The molecule has 3 rings (SSSR count). The van der Waals surface area contributed by atoms with Crippen LogP contribution in [0.2, 0.25) is 0 Å². The number of halogens is 2. The Hall–Kier alpha value is -2.48. The Morgan fingerprint density at radius 3 is 2.52 bits per heavy atom. The van der Waals surface area contributed by atoms with E-state index in [2.05, 4.69) is 5.32 Å². The Balaban J connectivity index is 1.88. The number of hydrogen-bond acceptors (Lipinski definition) is 3. The smallest absolute Gasteiger partial charge is 0.255 e. The van der Waals surface area contributed by atoms with Gasteiger partial charge in [0.1, 0.15) is 0 Å². The first-order valence-electron chi connectivity index (χ1n) is 7.65. The minimum atomic E-state index is -3.33. The van der Waals surface area contributed by atoms with Crippen LogP contribution in [0.15, 0.2) is 36.4 Å². The van der Waals surface area contributed by atoms with Crippen LogP contribution in [0, 0.1) is 18.6 Å². The molecule has 8 heteroatoms. The van der Waals surface area contributed by atoms with Crippen LogP contribution in [0.3, 0.4) is 0 Å². The Bertz CT molecular complexity index is 945. The molecular formula is C17H16F2N2O3S. The number of carbonyl (C=O) groups is 1. The Kier molecular flexibility index (Phi) is 4.47. The first kappa shape index (κ1) is 17.3. The zero-order valence-electron chi connectivity index (χ0n) is 13.4. The van der Waals surface area contributed by atoms with Crippen molar-refractivity contribution in [3.63, 3.8) is 0 Å². The van der Waals surface area contributed by atoms with Crippen molar-refractivity contribution in [1.82, 2.24) is 0 Å². The third-order valence-corrected chi connectivity index (χ3v) is 5.91. The molecule has 132 valence electrons. The van der Waals surface area contributed by atoms with Crippen LogP contribution in [0.4, 0.5) is 20.2 Å². The number of sulfonamides is 1. The average molecular weight is 366 g/mol. The monoisotopic (exact) mass is 366 g/mol. The fourth-order valence-electron chi connectivity index (χ4n) is 2.66. The lowest BCUT2D eigenvalue weighted by atomic mass is 10.1. The number of hydrogen-bond donors (Lipinski definition) is 1. The molecular weight excluding hydrogens is 350 g/mol. The van der Waals surface area contributed by atoms with Gasteiger partial charge in [-0.1, -0.05) is 6.07 Å². The van der Waals surface area contributed by atoms with Gasteiger partial charge >= 0.3 is 0 Å². The van der Waals surface area contributed by atoms with E-state index in [1.165, 1.54) is 10.4 Å². The topological polar surface area (TPSA) is 66.5 Å². The Labute approximate surface area is 144 Å². The van der Waals surface area contributed by atoms with Crippen LogP contribution in [0.25, 0.3) is 0 Å². The highest BCUT2D eigenvalue weighted by molar-refractivity contribution is 7.93. The second-order valence-corrected chi connectivity index (χ2v) is 7.84. The molecule has 0 saturated carbocycles. The van der Waals surface area contributed by atoms with Crippen LogP contribution in [-0.4, -0.2) is 26.6 Å². The van der Waals surface area contributed by atoms with E-state index in [0.29, 0.717) is 24.3 Å². The molecule has 2 aromatic rings. The molecule has 0 spiro atoms. The maximum absolute atomic E-state index is 13.3. The van der Waals surface area contributed by atoms with Crippen LogP contribution in [0.5, 0.6) is 0 Å². The number of nitrogens with one attached hydrogen (secondary N) is 1. The van der Waals surface area contributed by atoms with Gasteiger partial charge in [-0.15, -0.1) is 0 Å². The summed E-state index contributed by atoms with van der Waals surface area (Å²) in [6.45, 7) is 2.14. The summed E-state index contributed by atoms with van der Waals surface area (Å²) < 4.78 is 51.6. The molecule has 1 aliphatic rings. The van der Waals surface area contributed by atoms with Crippen molar-refractivity contribution in [2.45, 2.75) is 13.3 Å². The summed E-state index contributed by atoms with van der Waals surface area (Å²) in [5.74, 6) is -2.66. The lowest BCUT2D eigenvalue weighted by molar-refractivity contribution is 0.102. The quantitative estimate of drug-likeness (QED) is 0.908. The van der Waals surface area contributed by atoms with Crippen molar-refractivity contribution in [1.29, 1.82) is 0 Å². The molecule has 25 heavy (non-hydrogen) atoms. The van der Waals surface area contributed by atoms with Crippen molar-refractivity contribution in [3.8, 4) is 0 Å². The van der Waals surface area contributed by atoms with E-state index in [-0.39, 0.29) is 11.3 Å². The molecule has 1 N–H and O–H groups in total. The standard InChI is InChI=1S/C17H16F2N2O3S/c1-11-3-5-13(21-7-2-8-25(21,23)24)10-16(11)20-17(22)12-4-6-14(18)15(19)9-12/h3-6,9-10H,2,7-8H2,1H3,(H,20,22). The Morgan fingerprint density at radius 1 is 1.12 bits per heavy atom. The summed E-state index contributed by atoms with van der Waals surface area (Å²) >= 11 is 0. The number of amides is 1. The van der Waals surface area contributed by atoms with E-state index in [1.54, 1.807) is 25.1 Å². The van der Waals surface area contributed by atoms with E-state index in [4.69, 9.17) is 0 Å². The number of benzene rings is 2. The molecule has 0 bridgehead atoms. The van der Waals surface area contributed by atoms with Gasteiger partial charge in [-0.2, -0.15) is 0 Å². The number of nitrogens with zero attached hydrogens (tertiary/aromatic N) is 1. The molecule has 0 aliphatic carbocycles. The molecule has 2 aromatic carbocycles. The minimum absolute atomic E-state index is 0.0301. The van der Waals surface area contributed by atoms with E-state index >= 15 is 0 Å². The van der Waals surface area contributed by atoms with Gasteiger partial charge in [0.25, 0.3) is 5.91 Å². The van der Waals surface area contributed by atoms with Crippen molar-refractivity contribution in [3.05, 3.63) is 59.2 Å². The molecule has 1 amide bonds. The molecule has 0 radical (unpaired) electrons. The first-order valence-corrected chi connectivity index (χ1v) is 9.26. The van der Waals surface area contributed by atoms with Crippen LogP contribution >= 0.6 is 0 Å². The molecule has 1 fully saturated rings. The van der Waals surface area contributed by atoms with Crippen LogP contribution < -0.4 is 9.62 Å². The van der Waals surface area contributed by atoms with Gasteiger partial charge in [-0.3, -0.25) is 9.10 Å². The maximum Gasteiger partial charge on any atom is 0.255 e. The molecule has 1 saturated heterocycles. The zero-order valence-corrected chi connectivity index (χ0v) is 14.2. The summed E-state index contributed by atoms with van der Waals surface area (Å²) in [6.07, 6.45) is 0.548. The second kappa shape index (κ2) is 6.44. The second-order valence-electron chi connectivity index (χ2n) is 5.82. The molecule has 1 aliphatic heterocycles.